The lowest BCUT2D eigenvalue weighted by atomic mass is 10.4. The monoisotopic (exact) mass is 263 g/mol. The number of aromatic nitrogens is 4. The number of nitrogens with one attached hydrogen (secondary N) is 2. The lowest BCUT2D eigenvalue weighted by Crippen LogP contribution is -2.10. The summed E-state index contributed by atoms with van der Waals surface area (Å²) in [7, 11) is 0. The summed E-state index contributed by atoms with van der Waals surface area (Å²) in [5.74, 6) is 2.83. The van der Waals surface area contributed by atoms with Crippen molar-refractivity contribution >= 4 is 17.6 Å². The van der Waals surface area contributed by atoms with Gasteiger partial charge in [-0.25, -0.2) is 0 Å². The first-order valence-corrected chi connectivity index (χ1v) is 6.09. The van der Waals surface area contributed by atoms with Crippen molar-refractivity contribution in [2.45, 2.75) is 20.3 Å². The van der Waals surface area contributed by atoms with Gasteiger partial charge in [-0.3, -0.25) is 0 Å². The second-order valence-corrected chi connectivity index (χ2v) is 3.94. The highest BCUT2D eigenvalue weighted by Gasteiger charge is 2.04. The van der Waals surface area contributed by atoms with Crippen molar-refractivity contribution in [3.05, 3.63) is 17.8 Å². The fourth-order valence-corrected chi connectivity index (χ4v) is 1.57. The van der Waals surface area contributed by atoms with Crippen molar-refractivity contribution in [1.82, 2.24) is 20.1 Å². The average molecular weight is 263 g/mol. The van der Waals surface area contributed by atoms with E-state index < -0.39 is 0 Å². The Labute approximate surface area is 110 Å². The quantitative estimate of drug-likeness (QED) is 0.702. The van der Waals surface area contributed by atoms with Crippen LogP contribution in [0.15, 0.2) is 10.6 Å². The van der Waals surface area contributed by atoms with Crippen LogP contribution in [0.4, 0.5) is 17.6 Å². The number of nitrogen functional groups attached to an aromatic ring is 1. The minimum absolute atomic E-state index is 0.231. The van der Waals surface area contributed by atoms with Gasteiger partial charge in [-0.05, 0) is 13.8 Å². The Balaban J connectivity index is 1.91. The maximum atomic E-state index is 5.63. The van der Waals surface area contributed by atoms with Gasteiger partial charge in [-0.2, -0.15) is 15.0 Å². The van der Waals surface area contributed by atoms with Crippen molar-refractivity contribution in [3.8, 4) is 0 Å². The maximum Gasteiger partial charge on any atom is 0.228 e. The van der Waals surface area contributed by atoms with E-state index in [0.717, 1.165) is 6.54 Å². The van der Waals surface area contributed by atoms with E-state index in [1.54, 1.807) is 13.0 Å². The minimum atomic E-state index is 0.231. The number of hydrogen-bond donors (Lipinski definition) is 3. The van der Waals surface area contributed by atoms with Gasteiger partial charge in [0.15, 0.2) is 5.82 Å². The van der Waals surface area contributed by atoms with Gasteiger partial charge in [-0.15, -0.1) is 0 Å². The van der Waals surface area contributed by atoms with E-state index in [1.165, 1.54) is 0 Å². The molecule has 8 nitrogen and oxygen atoms in total. The summed E-state index contributed by atoms with van der Waals surface area (Å²) >= 11 is 0. The summed E-state index contributed by atoms with van der Waals surface area (Å²) < 4.78 is 5.02. The molecule has 2 aromatic heterocycles. The van der Waals surface area contributed by atoms with Crippen LogP contribution in [0.3, 0.4) is 0 Å². The van der Waals surface area contributed by atoms with Crippen LogP contribution in [0.1, 0.15) is 18.6 Å². The normalized spacial score (nSPS) is 10.4. The van der Waals surface area contributed by atoms with Crippen LogP contribution in [-0.4, -0.2) is 33.2 Å². The molecule has 0 aliphatic rings. The highest BCUT2D eigenvalue weighted by Crippen LogP contribution is 2.12. The molecule has 0 radical (unpaired) electrons. The third-order valence-electron chi connectivity index (χ3n) is 2.32. The second-order valence-electron chi connectivity index (χ2n) is 3.94. The molecule has 19 heavy (non-hydrogen) atoms. The van der Waals surface area contributed by atoms with Crippen LogP contribution in [-0.2, 0) is 6.42 Å². The van der Waals surface area contributed by atoms with E-state index in [1.807, 2.05) is 6.92 Å². The summed E-state index contributed by atoms with van der Waals surface area (Å²) in [6, 6.07) is 1.80. The van der Waals surface area contributed by atoms with Gasteiger partial charge in [0.2, 0.25) is 11.8 Å². The van der Waals surface area contributed by atoms with E-state index in [0.29, 0.717) is 36.3 Å². The third-order valence-corrected chi connectivity index (χ3v) is 2.32. The summed E-state index contributed by atoms with van der Waals surface area (Å²) in [4.78, 5) is 12.3. The van der Waals surface area contributed by atoms with Gasteiger partial charge in [-0.1, -0.05) is 5.16 Å². The van der Waals surface area contributed by atoms with Crippen molar-refractivity contribution < 1.29 is 4.52 Å². The van der Waals surface area contributed by atoms with Crippen molar-refractivity contribution in [3.63, 3.8) is 0 Å². The molecule has 2 heterocycles. The molecule has 0 saturated heterocycles. The molecule has 0 aliphatic heterocycles. The molecule has 0 fully saturated rings. The molecule has 0 saturated carbocycles. The first-order chi connectivity index (χ1) is 9.17. The number of hydrogen-bond acceptors (Lipinski definition) is 8. The average Bonchev–Trinajstić information content (AvgIpc) is 2.75. The molecule has 4 N–H and O–H groups in total. The number of aryl methyl sites for hydroxylation is 1. The van der Waals surface area contributed by atoms with Gasteiger partial charge < -0.3 is 20.9 Å². The zero-order valence-corrected chi connectivity index (χ0v) is 11.0. The van der Waals surface area contributed by atoms with Gasteiger partial charge >= 0.3 is 0 Å². The molecule has 2 aromatic rings. The van der Waals surface area contributed by atoms with Crippen LogP contribution in [0.5, 0.6) is 0 Å². The van der Waals surface area contributed by atoms with Crippen LogP contribution in [0, 0.1) is 6.92 Å². The Morgan fingerprint density at radius 3 is 2.58 bits per heavy atom. The number of anilines is 3. The van der Waals surface area contributed by atoms with Crippen LogP contribution in [0.25, 0.3) is 0 Å². The third kappa shape index (κ3) is 3.80. The molecule has 0 atom stereocenters. The number of rotatable bonds is 6. The Hall–Kier alpha value is -2.38. The van der Waals surface area contributed by atoms with Gasteiger partial charge in [0.05, 0.1) is 0 Å². The molecule has 0 unspecified atom stereocenters. The minimum Gasteiger partial charge on any atom is -0.370 e. The van der Waals surface area contributed by atoms with Crippen LogP contribution >= 0.6 is 0 Å². The molecule has 8 heteroatoms. The molecule has 0 aliphatic carbocycles. The number of nitrogens with two attached hydrogens (primary N) is 1. The Morgan fingerprint density at radius 2 is 1.95 bits per heavy atom. The van der Waals surface area contributed by atoms with E-state index in [4.69, 9.17) is 10.3 Å². The van der Waals surface area contributed by atoms with Gasteiger partial charge in [0.1, 0.15) is 11.6 Å². The summed E-state index contributed by atoms with van der Waals surface area (Å²) in [6.07, 6.45) is 0.626. The van der Waals surface area contributed by atoms with E-state index in [2.05, 4.69) is 30.7 Å². The number of nitrogens with zero attached hydrogens (tertiary/aromatic N) is 4. The smallest absolute Gasteiger partial charge is 0.228 e. The molecule has 2 rings (SSSR count). The predicted octanol–water partition coefficient (Wildman–Crippen LogP) is 0.837. The van der Waals surface area contributed by atoms with Crippen molar-refractivity contribution in [1.29, 1.82) is 0 Å². The maximum absolute atomic E-state index is 5.63. The zero-order chi connectivity index (χ0) is 13.7. The highest BCUT2D eigenvalue weighted by atomic mass is 16.5. The molecule has 102 valence electrons. The zero-order valence-electron chi connectivity index (χ0n) is 11.0. The van der Waals surface area contributed by atoms with Crippen molar-refractivity contribution in [2.24, 2.45) is 0 Å². The SMILES string of the molecule is CCNc1cc(NCCc2nc(C)no2)nc(N)n1. The van der Waals surface area contributed by atoms with Crippen LogP contribution < -0.4 is 16.4 Å². The fourth-order valence-electron chi connectivity index (χ4n) is 1.57. The van der Waals surface area contributed by atoms with E-state index >= 15 is 0 Å². The Kier molecular flexibility index (Phi) is 4.11. The molecular formula is C11H17N7O. The Morgan fingerprint density at radius 1 is 1.21 bits per heavy atom. The van der Waals surface area contributed by atoms with Gasteiger partial charge in [0, 0.05) is 25.6 Å². The second kappa shape index (κ2) is 5.98. The molecule has 0 bridgehead atoms. The summed E-state index contributed by atoms with van der Waals surface area (Å²) in [6.45, 7) is 5.18. The van der Waals surface area contributed by atoms with E-state index in [-0.39, 0.29) is 5.95 Å². The largest absolute Gasteiger partial charge is 0.370 e. The van der Waals surface area contributed by atoms with E-state index in [9.17, 15) is 0 Å². The fraction of sp³-hybridized carbons (Fsp3) is 0.455. The lowest BCUT2D eigenvalue weighted by Gasteiger charge is -2.07. The summed E-state index contributed by atoms with van der Waals surface area (Å²) in [5.41, 5.74) is 5.63. The van der Waals surface area contributed by atoms with Crippen LogP contribution in [0.2, 0.25) is 0 Å². The molecule has 0 amide bonds. The predicted molar refractivity (Wildman–Crippen MR) is 71.8 cm³/mol. The summed E-state index contributed by atoms with van der Waals surface area (Å²) in [5, 5.41) is 9.96. The Bertz CT molecular complexity index is 540. The lowest BCUT2D eigenvalue weighted by molar-refractivity contribution is 0.377. The standard InChI is InChI=1S/C11H17N7O/c1-3-13-8-6-9(17-11(12)16-8)14-5-4-10-15-7(2)18-19-10/h6H,3-5H2,1-2H3,(H4,12,13,14,16,17). The molecular weight excluding hydrogens is 246 g/mol. The van der Waals surface area contributed by atoms with Gasteiger partial charge in [0.25, 0.3) is 0 Å². The highest BCUT2D eigenvalue weighted by molar-refractivity contribution is 5.50. The van der Waals surface area contributed by atoms with Crippen molar-refractivity contribution in [2.75, 3.05) is 29.5 Å². The molecule has 0 aromatic carbocycles. The first kappa shape index (κ1) is 13.1. The molecule has 0 spiro atoms. The first-order valence-electron chi connectivity index (χ1n) is 6.09. The topological polar surface area (TPSA) is 115 Å².